The fourth-order valence-corrected chi connectivity index (χ4v) is 2.42. The van der Waals surface area contributed by atoms with E-state index in [2.05, 4.69) is 53.7 Å². The van der Waals surface area contributed by atoms with E-state index in [1.54, 1.807) is 7.11 Å². The molecule has 1 aromatic carbocycles. The van der Waals surface area contributed by atoms with Crippen molar-refractivity contribution in [2.24, 2.45) is 5.73 Å². The molecule has 3 nitrogen and oxygen atoms in total. The predicted octanol–water partition coefficient (Wildman–Crippen LogP) is 3.15. The molecule has 0 fully saturated rings. The highest BCUT2D eigenvalue weighted by Gasteiger charge is 2.26. The van der Waals surface area contributed by atoms with Gasteiger partial charge in [0.25, 0.3) is 0 Å². The number of methoxy groups -OCH3 is 1. The highest BCUT2D eigenvalue weighted by Crippen LogP contribution is 2.38. The number of nitrogens with two attached hydrogens (primary N) is 1. The highest BCUT2D eigenvalue weighted by molar-refractivity contribution is 5.50. The topological polar surface area (TPSA) is 55.5 Å². The summed E-state index contributed by atoms with van der Waals surface area (Å²) in [5.74, 6) is 0.902. The van der Waals surface area contributed by atoms with Crippen molar-refractivity contribution >= 4 is 0 Å². The first kappa shape index (κ1) is 18.0. The van der Waals surface area contributed by atoms with Gasteiger partial charge in [0.05, 0.1) is 13.7 Å². The first-order valence-electron chi connectivity index (χ1n) is 7.59. The monoisotopic (exact) mass is 293 g/mol. The molecule has 0 saturated heterocycles. The van der Waals surface area contributed by atoms with Crippen LogP contribution in [0.25, 0.3) is 0 Å². The van der Waals surface area contributed by atoms with Crippen LogP contribution >= 0.6 is 0 Å². The predicted molar refractivity (Wildman–Crippen MR) is 89.2 cm³/mol. The smallest absolute Gasteiger partial charge is 0.125 e. The molecule has 0 aliphatic rings. The Bertz CT molecular complexity index is 481. The second-order valence-electron chi connectivity index (χ2n) is 7.86. The zero-order valence-corrected chi connectivity index (χ0v) is 14.6. The van der Waals surface area contributed by atoms with Gasteiger partial charge in [-0.2, -0.15) is 0 Å². The van der Waals surface area contributed by atoms with Crippen molar-refractivity contribution in [3.8, 4) is 5.75 Å². The summed E-state index contributed by atoms with van der Waals surface area (Å²) >= 11 is 0. The molecule has 1 aromatic rings. The molecule has 0 heterocycles. The summed E-state index contributed by atoms with van der Waals surface area (Å²) in [5, 5.41) is 9.25. The summed E-state index contributed by atoms with van der Waals surface area (Å²) in [5.41, 5.74) is 9.54. The molecule has 1 rings (SSSR count). The molecule has 21 heavy (non-hydrogen) atoms. The Hall–Kier alpha value is -1.06. The number of hydrogen-bond donors (Lipinski definition) is 2. The van der Waals surface area contributed by atoms with E-state index in [1.165, 1.54) is 11.1 Å². The summed E-state index contributed by atoms with van der Waals surface area (Å²) in [4.78, 5) is 0. The maximum absolute atomic E-state index is 9.25. The van der Waals surface area contributed by atoms with Crippen LogP contribution in [0.2, 0.25) is 0 Å². The SMILES string of the molecule is COc1c(CC(N)CO)cc(C(C)(C)C)cc1C(C)(C)C. The van der Waals surface area contributed by atoms with E-state index in [-0.39, 0.29) is 23.5 Å². The van der Waals surface area contributed by atoms with E-state index in [0.717, 1.165) is 11.3 Å². The van der Waals surface area contributed by atoms with Gasteiger partial charge in [0.1, 0.15) is 5.75 Å². The first-order valence-corrected chi connectivity index (χ1v) is 7.59. The zero-order chi connectivity index (χ0) is 16.4. The fourth-order valence-electron chi connectivity index (χ4n) is 2.42. The number of rotatable bonds is 4. The van der Waals surface area contributed by atoms with Crippen LogP contribution < -0.4 is 10.5 Å². The van der Waals surface area contributed by atoms with Crippen LogP contribution in [0.1, 0.15) is 58.2 Å². The molecule has 1 atom stereocenters. The maximum Gasteiger partial charge on any atom is 0.125 e. The number of aliphatic hydroxyl groups is 1. The van der Waals surface area contributed by atoms with Gasteiger partial charge < -0.3 is 15.6 Å². The van der Waals surface area contributed by atoms with Gasteiger partial charge in [-0.15, -0.1) is 0 Å². The molecule has 0 aromatic heterocycles. The van der Waals surface area contributed by atoms with Crippen LogP contribution in [-0.4, -0.2) is 24.9 Å². The van der Waals surface area contributed by atoms with Gasteiger partial charge in [-0.05, 0) is 28.4 Å². The van der Waals surface area contributed by atoms with Crippen molar-refractivity contribution in [3.63, 3.8) is 0 Å². The van der Waals surface area contributed by atoms with Crippen molar-refractivity contribution < 1.29 is 9.84 Å². The minimum atomic E-state index is -0.262. The summed E-state index contributed by atoms with van der Waals surface area (Å²) in [6.45, 7) is 13.2. The normalized spacial score (nSPS) is 14.1. The van der Waals surface area contributed by atoms with E-state index >= 15 is 0 Å². The van der Waals surface area contributed by atoms with Gasteiger partial charge in [0.2, 0.25) is 0 Å². The number of ether oxygens (including phenoxy) is 1. The Balaban J connectivity index is 3.52. The summed E-state index contributed by atoms with van der Waals surface area (Å²) in [6.07, 6.45) is 0.618. The van der Waals surface area contributed by atoms with Crippen molar-refractivity contribution in [2.75, 3.05) is 13.7 Å². The lowest BCUT2D eigenvalue weighted by molar-refractivity contribution is 0.264. The van der Waals surface area contributed by atoms with Gasteiger partial charge in [-0.3, -0.25) is 0 Å². The molecule has 1 unspecified atom stereocenters. The minimum absolute atomic E-state index is 0.00926. The van der Waals surface area contributed by atoms with Gasteiger partial charge >= 0.3 is 0 Å². The Kier molecular flexibility index (Phi) is 5.46. The Morgan fingerprint density at radius 2 is 1.67 bits per heavy atom. The van der Waals surface area contributed by atoms with E-state index in [0.29, 0.717) is 6.42 Å². The molecule has 0 amide bonds. The molecule has 3 heteroatoms. The van der Waals surface area contributed by atoms with Crippen molar-refractivity contribution in [1.29, 1.82) is 0 Å². The molecule has 0 bridgehead atoms. The lowest BCUT2D eigenvalue weighted by Crippen LogP contribution is -2.28. The van der Waals surface area contributed by atoms with Crippen molar-refractivity contribution in [2.45, 2.75) is 64.8 Å². The van der Waals surface area contributed by atoms with Crippen LogP contribution in [-0.2, 0) is 17.3 Å². The third kappa shape index (κ3) is 4.45. The largest absolute Gasteiger partial charge is 0.496 e. The number of benzene rings is 1. The lowest BCUT2D eigenvalue weighted by atomic mass is 9.78. The average molecular weight is 293 g/mol. The average Bonchev–Trinajstić information content (AvgIpc) is 2.35. The third-order valence-corrected chi connectivity index (χ3v) is 3.76. The summed E-state index contributed by atoms with van der Waals surface area (Å²) in [6, 6.07) is 4.15. The Morgan fingerprint density at radius 3 is 2.05 bits per heavy atom. The van der Waals surface area contributed by atoms with Crippen LogP contribution in [0.15, 0.2) is 12.1 Å². The molecule has 0 radical (unpaired) electrons. The maximum atomic E-state index is 9.25. The molecule has 3 N–H and O–H groups in total. The van der Waals surface area contributed by atoms with Crippen LogP contribution in [0.3, 0.4) is 0 Å². The molecule has 0 spiro atoms. The fraction of sp³-hybridized carbons (Fsp3) is 0.667. The highest BCUT2D eigenvalue weighted by atomic mass is 16.5. The zero-order valence-electron chi connectivity index (χ0n) is 14.6. The molecule has 0 aliphatic carbocycles. The molecular weight excluding hydrogens is 262 g/mol. The summed E-state index contributed by atoms with van der Waals surface area (Å²) in [7, 11) is 1.70. The molecule has 120 valence electrons. The first-order chi connectivity index (χ1) is 9.50. The van der Waals surface area contributed by atoms with Crippen molar-refractivity contribution in [3.05, 3.63) is 28.8 Å². The van der Waals surface area contributed by atoms with Gasteiger partial charge in [0.15, 0.2) is 0 Å². The third-order valence-electron chi connectivity index (χ3n) is 3.76. The second kappa shape index (κ2) is 6.37. The van der Waals surface area contributed by atoms with Gasteiger partial charge in [-0.1, -0.05) is 53.7 Å². The van der Waals surface area contributed by atoms with E-state index in [9.17, 15) is 5.11 Å². The quantitative estimate of drug-likeness (QED) is 0.896. The second-order valence-corrected chi connectivity index (χ2v) is 7.86. The lowest BCUT2D eigenvalue weighted by Gasteiger charge is -2.29. The molecular formula is C18H31NO2. The van der Waals surface area contributed by atoms with Crippen molar-refractivity contribution in [1.82, 2.24) is 0 Å². The van der Waals surface area contributed by atoms with Gasteiger partial charge in [0, 0.05) is 11.6 Å². The van der Waals surface area contributed by atoms with E-state index < -0.39 is 0 Å². The number of aliphatic hydroxyl groups excluding tert-OH is 1. The van der Waals surface area contributed by atoms with E-state index in [4.69, 9.17) is 10.5 Å². The Morgan fingerprint density at radius 1 is 1.10 bits per heavy atom. The van der Waals surface area contributed by atoms with E-state index in [1.807, 2.05) is 0 Å². The van der Waals surface area contributed by atoms with Crippen LogP contribution in [0, 0.1) is 0 Å². The number of hydrogen-bond acceptors (Lipinski definition) is 3. The summed E-state index contributed by atoms with van der Waals surface area (Å²) < 4.78 is 5.68. The van der Waals surface area contributed by atoms with Crippen LogP contribution in [0.5, 0.6) is 5.75 Å². The Labute approximate surface area is 129 Å². The molecule has 0 aliphatic heterocycles. The van der Waals surface area contributed by atoms with Crippen LogP contribution in [0.4, 0.5) is 0 Å². The molecule has 0 saturated carbocycles. The standard InChI is InChI=1S/C18H31NO2/c1-17(2,3)13-8-12(9-14(19)11-20)16(21-7)15(10-13)18(4,5)6/h8,10,14,20H,9,11,19H2,1-7H3. The van der Waals surface area contributed by atoms with Gasteiger partial charge in [-0.25, -0.2) is 0 Å². The minimum Gasteiger partial charge on any atom is -0.496 e.